The number of aromatic nitrogens is 2. The first-order valence-corrected chi connectivity index (χ1v) is 6.94. The van der Waals surface area contributed by atoms with Gasteiger partial charge in [0, 0.05) is 12.6 Å². The lowest BCUT2D eigenvalue weighted by atomic mass is 10.1. The van der Waals surface area contributed by atoms with E-state index in [1.807, 2.05) is 0 Å². The van der Waals surface area contributed by atoms with Gasteiger partial charge in [-0.1, -0.05) is 11.6 Å². The zero-order valence-electron chi connectivity index (χ0n) is 10.7. The second-order valence-electron chi connectivity index (χ2n) is 4.63. The van der Waals surface area contributed by atoms with Gasteiger partial charge in [-0.05, 0) is 25.8 Å². The van der Waals surface area contributed by atoms with Crippen LogP contribution in [-0.4, -0.2) is 40.6 Å². The van der Waals surface area contributed by atoms with Crippen molar-refractivity contribution < 1.29 is 5.11 Å². The Kier molecular flexibility index (Phi) is 5.18. The highest BCUT2D eigenvalue weighted by molar-refractivity contribution is 6.32. The molecule has 1 saturated heterocycles. The summed E-state index contributed by atoms with van der Waals surface area (Å²) in [6.07, 6.45) is 4.95. The Bertz CT molecular complexity index is 471. The molecule has 1 fully saturated rings. The van der Waals surface area contributed by atoms with E-state index in [1.54, 1.807) is 0 Å². The molecule has 0 spiro atoms. The SMILES string of the molecule is O=c1c(Cl)c(NCCC2CCCN2)cnn1CCO. The molecule has 0 bridgehead atoms. The summed E-state index contributed by atoms with van der Waals surface area (Å²) < 4.78 is 1.16. The molecule has 1 unspecified atom stereocenters. The number of anilines is 1. The Balaban J connectivity index is 1.92. The number of hydrogen-bond acceptors (Lipinski definition) is 5. The average Bonchev–Trinajstić information content (AvgIpc) is 2.91. The van der Waals surface area contributed by atoms with Crippen molar-refractivity contribution in [3.05, 3.63) is 21.6 Å². The lowest BCUT2D eigenvalue weighted by Crippen LogP contribution is -2.27. The van der Waals surface area contributed by atoms with Crippen LogP contribution in [0.3, 0.4) is 0 Å². The lowest BCUT2D eigenvalue weighted by molar-refractivity contribution is 0.266. The van der Waals surface area contributed by atoms with E-state index < -0.39 is 0 Å². The van der Waals surface area contributed by atoms with E-state index in [-0.39, 0.29) is 23.7 Å². The van der Waals surface area contributed by atoms with Gasteiger partial charge in [-0.25, -0.2) is 4.68 Å². The van der Waals surface area contributed by atoms with Crippen LogP contribution in [0.25, 0.3) is 0 Å². The van der Waals surface area contributed by atoms with Gasteiger partial charge >= 0.3 is 0 Å². The smallest absolute Gasteiger partial charge is 0.287 e. The molecule has 19 heavy (non-hydrogen) atoms. The van der Waals surface area contributed by atoms with E-state index >= 15 is 0 Å². The summed E-state index contributed by atoms with van der Waals surface area (Å²) in [7, 11) is 0. The number of nitrogens with one attached hydrogen (secondary N) is 2. The Hall–Kier alpha value is -1.11. The van der Waals surface area contributed by atoms with Crippen LogP contribution in [0, 0.1) is 0 Å². The van der Waals surface area contributed by atoms with Crippen LogP contribution in [0.15, 0.2) is 11.0 Å². The maximum absolute atomic E-state index is 11.8. The van der Waals surface area contributed by atoms with Crippen LogP contribution in [-0.2, 0) is 6.54 Å². The molecule has 1 aromatic rings. The number of hydrogen-bond donors (Lipinski definition) is 3. The number of nitrogens with zero attached hydrogens (tertiary/aromatic N) is 2. The third kappa shape index (κ3) is 3.68. The normalized spacial score (nSPS) is 18.7. The van der Waals surface area contributed by atoms with Gasteiger partial charge < -0.3 is 15.7 Å². The molecule has 7 heteroatoms. The predicted octanol–water partition coefficient (Wildman–Crippen LogP) is 0.443. The summed E-state index contributed by atoms with van der Waals surface area (Å²) in [6.45, 7) is 1.86. The molecule has 0 amide bonds. The third-order valence-corrected chi connectivity index (χ3v) is 3.63. The van der Waals surface area contributed by atoms with Crippen LogP contribution < -0.4 is 16.2 Å². The minimum atomic E-state index is -0.375. The molecule has 6 nitrogen and oxygen atoms in total. The summed E-state index contributed by atoms with van der Waals surface area (Å²) in [6, 6.07) is 0.550. The highest BCUT2D eigenvalue weighted by Crippen LogP contribution is 2.16. The third-order valence-electron chi connectivity index (χ3n) is 3.27. The highest BCUT2D eigenvalue weighted by Gasteiger charge is 2.14. The van der Waals surface area contributed by atoms with Crippen LogP contribution >= 0.6 is 11.6 Å². The number of aliphatic hydroxyl groups excluding tert-OH is 1. The van der Waals surface area contributed by atoms with Crippen molar-refractivity contribution in [1.82, 2.24) is 15.1 Å². The minimum Gasteiger partial charge on any atom is -0.394 e. The lowest BCUT2D eigenvalue weighted by Gasteiger charge is -2.12. The first kappa shape index (κ1) is 14.3. The first-order chi connectivity index (χ1) is 9.22. The summed E-state index contributed by atoms with van der Waals surface area (Å²) in [4.78, 5) is 11.8. The largest absolute Gasteiger partial charge is 0.394 e. The topological polar surface area (TPSA) is 79.2 Å². The second-order valence-corrected chi connectivity index (χ2v) is 5.01. The van der Waals surface area contributed by atoms with Gasteiger partial charge in [0.1, 0.15) is 5.02 Å². The van der Waals surface area contributed by atoms with E-state index in [1.165, 1.54) is 19.0 Å². The molecule has 3 N–H and O–H groups in total. The van der Waals surface area contributed by atoms with Crippen molar-refractivity contribution in [3.8, 4) is 0 Å². The average molecular weight is 287 g/mol. The fourth-order valence-corrected chi connectivity index (χ4v) is 2.44. The maximum atomic E-state index is 11.8. The molecule has 1 aliphatic heterocycles. The quantitative estimate of drug-likeness (QED) is 0.707. The Morgan fingerprint density at radius 2 is 2.47 bits per heavy atom. The molecular weight excluding hydrogens is 268 g/mol. The van der Waals surface area contributed by atoms with Gasteiger partial charge in [0.25, 0.3) is 5.56 Å². The molecule has 2 heterocycles. The zero-order valence-corrected chi connectivity index (χ0v) is 11.5. The van der Waals surface area contributed by atoms with E-state index in [4.69, 9.17) is 16.7 Å². The molecule has 0 saturated carbocycles. The maximum Gasteiger partial charge on any atom is 0.287 e. The summed E-state index contributed by atoms with van der Waals surface area (Å²) in [5, 5.41) is 19.4. The van der Waals surface area contributed by atoms with Gasteiger partial charge in [0.2, 0.25) is 0 Å². The summed E-state index contributed by atoms with van der Waals surface area (Å²) in [5.74, 6) is 0. The van der Waals surface area contributed by atoms with E-state index in [9.17, 15) is 4.79 Å². The fraction of sp³-hybridized carbons (Fsp3) is 0.667. The van der Waals surface area contributed by atoms with Gasteiger partial charge in [0.15, 0.2) is 0 Å². The molecule has 106 valence electrons. The van der Waals surface area contributed by atoms with E-state index in [2.05, 4.69) is 15.7 Å². The van der Waals surface area contributed by atoms with Crippen molar-refractivity contribution in [3.63, 3.8) is 0 Å². The standard InChI is InChI=1S/C12H19ClN4O2/c13-11-10(8-16-17(6-7-18)12(11)19)15-5-3-9-2-1-4-14-9/h8-9,14-15,18H,1-7H2. The molecule has 1 aliphatic rings. The van der Waals surface area contributed by atoms with Crippen molar-refractivity contribution in [2.75, 3.05) is 25.0 Å². The predicted molar refractivity (Wildman–Crippen MR) is 74.7 cm³/mol. The van der Waals surface area contributed by atoms with Crippen molar-refractivity contribution >= 4 is 17.3 Å². The van der Waals surface area contributed by atoms with E-state index in [0.29, 0.717) is 11.7 Å². The number of halogens is 1. The molecule has 0 aliphatic carbocycles. The van der Waals surface area contributed by atoms with Gasteiger partial charge in [0.05, 0.1) is 25.0 Å². The Morgan fingerprint density at radius 3 is 3.16 bits per heavy atom. The van der Waals surface area contributed by atoms with Crippen LogP contribution in [0.1, 0.15) is 19.3 Å². The second kappa shape index (κ2) is 6.88. The molecular formula is C12H19ClN4O2. The summed E-state index contributed by atoms with van der Waals surface area (Å²) >= 11 is 6.00. The Labute approximate surface area is 116 Å². The molecule has 2 rings (SSSR count). The van der Waals surface area contributed by atoms with Crippen LogP contribution in [0.2, 0.25) is 5.02 Å². The van der Waals surface area contributed by atoms with E-state index in [0.717, 1.165) is 24.2 Å². The highest BCUT2D eigenvalue weighted by atomic mass is 35.5. The molecule has 1 aromatic heterocycles. The van der Waals surface area contributed by atoms with Crippen molar-refractivity contribution in [1.29, 1.82) is 0 Å². The van der Waals surface area contributed by atoms with Crippen LogP contribution in [0.4, 0.5) is 5.69 Å². The first-order valence-electron chi connectivity index (χ1n) is 6.56. The van der Waals surface area contributed by atoms with Crippen molar-refractivity contribution in [2.45, 2.75) is 31.8 Å². The van der Waals surface area contributed by atoms with Crippen LogP contribution in [0.5, 0.6) is 0 Å². The van der Waals surface area contributed by atoms with Gasteiger partial charge in [-0.2, -0.15) is 5.10 Å². The Morgan fingerprint density at radius 1 is 1.63 bits per heavy atom. The number of aliphatic hydroxyl groups is 1. The molecule has 0 aromatic carbocycles. The minimum absolute atomic E-state index is 0.128. The monoisotopic (exact) mass is 286 g/mol. The fourth-order valence-electron chi connectivity index (χ4n) is 2.23. The zero-order chi connectivity index (χ0) is 13.7. The van der Waals surface area contributed by atoms with Crippen molar-refractivity contribution in [2.24, 2.45) is 0 Å². The number of rotatable bonds is 6. The van der Waals surface area contributed by atoms with Gasteiger partial charge in [-0.3, -0.25) is 4.79 Å². The molecule has 0 radical (unpaired) electrons. The summed E-state index contributed by atoms with van der Waals surface area (Å²) in [5.41, 5.74) is 0.179. The van der Waals surface area contributed by atoms with Gasteiger partial charge in [-0.15, -0.1) is 0 Å². The molecule has 1 atom stereocenters.